The summed E-state index contributed by atoms with van der Waals surface area (Å²) in [7, 11) is 5.80. The second-order valence-electron chi connectivity index (χ2n) is 6.25. The van der Waals surface area contributed by atoms with E-state index in [1.54, 1.807) is 7.11 Å². The van der Waals surface area contributed by atoms with Crippen molar-refractivity contribution in [1.29, 1.82) is 0 Å². The molecule has 1 aromatic rings. The molecule has 1 atom stereocenters. The van der Waals surface area contributed by atoms with Gasteiger partial charge in [-0.3, -0.25) is 4.90 Å². The highest BCUT2D eigenvalue weighted by molar-refractivity contribution is 5.29. The van der Waals surface area contributed by atoms with E-state index in [4.69, 9.17) is 4.74 Å². The molecule has 0 aliphatic carbocycles. The number of hydrogen-bond acceptors (Lipinski definition) is 4. The molecule has 1 aromatic carbocycles. The first kappa shape index (κ1) is 18.0. The smallest absolute Gasteiger partial charge is 0.119 e. The molecule has 1 unspecified atom stereocenters. The van der Waals surface area contributed by atoms with Crippen LogP contribution in [0.2, 0.25) is 0 Å². The van der Waals surface area contributed by atoms with Crippen molar-refractivity contribution in [3.63, 3.8) is 0 Å². The molecule has 1 rings (SSSR count). The molecule has 0 spiro atoms. The van der Waals surface area contributed by atoms with Gasteiger partial charge in [-0.25, -0.2) is 0 Å². The summed E-state index contributed by atoms with van der Waals surface area (Å²) in [6.45, 7) is 8.03. The quantitative estimate of drug-likeness (QED) is 0.758. The maximum atomic E-state index is 10.5. The van der Waals surface area contributed by atoms with Gasteiger partial charge in [0.15, 0.2) is 0 Å². The zero-order valence-corrected chi connectivity index (χ0v) is 14.0. The summed E-state index contributed by atoms with van der Waals surface area (Å²) in [6, 6.07) is 7.68. The predicted molar refractivity (Wildman–Crippen MR) is 87.8 cm³/mol. The summed E-state index contributed by atoms with van der Waals surface area (Å²) in [5.74, 6) is 1.37. The normalized spacial score (nSPS) is 13.2. The fraction of sp³-hybridized carbons (Fsp3) is 0.647. The molecule has 120 valence electrons. The van der Waals surface area contributed by atoms with Crippen molar-refractivity contribution < 1.29 is 9.84 Å². The molecular weight excluding hydrogens is 264 g/mol. The molecule has 4 heteroatoms. The van der Waals surface area contributed by atoms with Gasteiger partial charge in [-0.15, -0.1) is 0 Å². The lowest BCUT2D eigenvalue weighted by Crippen LogP contribution is -2.37. The van der Waals surface area contributed by atoms with Crippen LogP contribution < -0.4 is 4.74 Å². The molecule has 0 amide bonds. The fourth-order valence-electron chi connectivity index (χ4n) is 2.31. The molecule has 0 bridgehead atoms. The molecule has 0 aliphatic rings. The summed E-state index contributed by atoms with van der Waals surface area (Å²) in [5.41, 5.74) is 0.910. The minimum Gasteiger partial charge on any atom is -0.497 e. The second-order valence-corrected chi connectivity index (χ2v) is 6.25. The Morgan fingerprint density at radius 1 is 1.14 bits per heavy atom. The highest BCUT2D eigenvalue weighted by atomic mass is 16.5. The van der Waals surface area contributed by atoms with Crippen molar-refractivity contribution in [3.8, 4) is 5.75 Å². The summed E-state index contributed by atoms with van der Waals surface area (Å²) >= 11 is 0. The lowest BCUT2D eigenvalue weighted by molar-refractivity contribution is 0.101. The van der Waals surface area contributed by atoms with Gasteiger partial charge in [-0.2, -0.15) is 0 Å². The Hall–Kier alpha value is -1.10. The number of benzene rings is 1. The number of rotatable bonds is 9. The highest BCUT2D eigenvalue weighted by Crippen LogP contribution is 2.20. The van der Waals surface area contributed by atoms with Gasteiger partial charge in [0.25, 0.3) is 0 Å². The first-order valence-electron chi connectivity index (χ1n) is 7.61. The Balaban J connectivity index is 2.66. The monoisotopic (exact) mass is 294 g/mol. The van der Waals surface area contributed by atoms with Gasteiger partial charge in [0, 0.05) is 26.2 Å². The minimum absolute atomic E-state index is 0.485. The fourth-order valence-corrected chi connectivity index (χ4v) is 2.31. The summed E-state index contributed by atoms with van der Waals surface area (Å²) in [4.78, 5) is 4.50. The Labute approximate surface area is 129 Å². The minimum atomic E-state index is -0.485. The molecule has 0 saturated carbocycles. The molecule has 21 heavy (non-hydrogen) atoms. The van der Waals surface area contributed by atoms with Crippen molar-refractivity contribution in [2.24, 2.45) is 5.92 Å². The van der Waals surface area contributed by atoms with E-state index in [1.165, 1.54) is 0 Å². The van der Waals surface area contributed by atoms with E-state index in [-0.39, 0.29) is 0 Å². The Kier molecular flexibility index (Phi) is 7.72. The zero-order chi connectivity index (χ0) is 15.8. The molecule has 1 N–H and O–H groups in total. The van der Waals surface area contributed by atoms with Crippen molar-refractivity contribution in [2.45, 2.75) is 20.0 Å². The molecule has 0 radical (unpaired) electrons. The van der Waals surface area contributed by atoms with Gasteiger partial charge in [-0.1, -0.05) is 26.0 Å². The van der Waals surface area contributed by atoms with Gasteiger partial charge in [-0.05, 0) is 37.7 Å². The Morgan fingerprint density at radius 3 is 2.43 bits per heavy atom. The van der Waals surface area contributed by atoms with E-state index in [0.717, 1.165) is 30.9 Å². The molecular formula is C17H30N2O2. The summed E-state index contributed by atoms with van der Waals surface area (Å²) in [6.07, 6.45) is -0.485. The molecule has 4 nitrogen and oxygen atoms in total. The van der Waals surface area contributed by atoms with Crippen LogP contribution in [0.4, 0.5) is 0 Å². The Bertz CT molecular complexity index is 408. The van der Waals surface area contributed by atoms with Gasteiger partial charge >= 0.3 is 0 Å². The molecule has 0 saturated heterocycles. The van der Waals surface area contributed by atoms with Gasteiger partial charge in [0.2, 0.25) is 0 Å². The van der Waals surface area contributed by atoms with E-state index < -0.39 is 6.10 Å². The number of nitrogens with zero attached hydrogens (tertiary/aromatic N) is 2. The van der Waals surface area contributed by atoms with Crippen LogP contribution in [-0.2, 0) is 0 Å². The lowest BCUT2D eigenvalue weighted by atomic mass is 10.1. The SMILES string of the molecule is COc1cccc(C(O)CN(CCN(C)C)CC(C)C)c1. The lowest BCUT2D eigenvalue weighted by Gasteiger charge is -2.28. The van der Waals surface area contributed by atoms with E-state index >= 15 is 0 Å². The van der Waals surface area contributed by atoms with Crippen LogP contribution in [0.5, 0.6) is 5.75 Å². The van der Waals surface area contributed by atoms with Gasteiger partial charge < -0.3 is 14.7 Å². The van der Waals surface area contributed by atoms with Crippen LogP contribution in [0.15, 0.2) is 24.3 Å². The van der Waals surface area contributed by atoms with Crippen molar-refractivity contribution >= 4 is 0 Å². The molecule has 0 aliphatic heterocycles. The number of aliphatic hydroxyl groups excluding tert-OH is 1. The van der Waals surface area contributed by atoms with Crippen LogP contribution in [0.3, 0.4) is 0 Å². The van der Waals surface area contributed by atoms with Crippen LogP contribution in [0.1, 0.15) is 25.5 Å². The van der Waals surface area contributed by atoms with Crippen LogP contribution in [0, 0.1) is 5.92 Å². The third-order valence-corrected chi connectivity index (χ3v) is 3.40. The number of ether oxygens (including phenoxy) is 1. The predicted octanol–water partition coefficient (Wildman–Crippen LogP) is 2.25. The first-order valence-corrected chi connectivity index (χ1v) is 7.61. The van der Waals surface area contributed by atoms with Gasteiger partial charge in [0.05, 0.1) is 13.2 Å². The van der Waals surface area contributed by atoms with Crippen LogP contribution in [-0.4, -0.2) is 62.3 Å². The van der Waals surface area contributed by atoms with E-state index in [9.17, 15) is 5.11 Å². The van der Waals surface area contributed by atoms with Crippen LogP contribution in [0.25, 0.3) is 0 Å². The van der Waals surface area contributed by atoms with E-state index in [0.29, 0.717) is 12.5 Å². The molecule has 0 fully saturated rings. The topological polar surface area (TPSA) is 35.9 Å². The standard InChI is InChI=1S/C17H30N2O2/c1-14(2)12-19(10-9-18(3)4)13-17(20)15-7-6-8-16(11-15)21-5/h6-8,11,14,17,20H,9-10,12-13H2,1-5H3. The van der Waals surface area contributed by atoms with Crippen molar-refractivity contribution in [1.82, 2.24) is 9.80 Å². The maximum absolute atomic E-state index is 10.5. The zero-order valence-electron chi connectivity index (χ0n) is 14.0. The highest BCUT2D eigenvalue weighted by Gasteiger charge is 2.15. The van der Waals surface area contributed by atoms with E-state index in [1.807, 2.05) is 24.3 Å². The van der Waals surface area contributed by atoms with Crippen molar-refractivity contribution in [2.75, 3.05) is 47.4 Å². The second kappa shape index (κ2) is 9.03. The number of methoxy groups -OCH3 is 1. The summed E-state index contributed by atoms with van der Waals surface area (Å²) in [5, 5.41) is 10.5. The van der Waals surface area contributed by atoms with Crippen molar-refractivity contribution in [3.05, 3.63) is 29.8 Å². The number of aliphatic hydroxyl groups is 1. The molecule has 0 aromatic heterocycles. The third-order valence-electron chi connectivity index (χ3n) is 3.40. The average molecular weight is 294 g/mol. The molecule has 0 heterocycles. The third kappa shape index (κ3) is 6.93. The van der Waals surface area contributed by atoms with Gasteiger partial charge in [0.1, 0.15) is 5.75 Å². The average Bonchev–Trinajstić information content (AvgIpc) is 2.44. The summed E-state index contributed by atoms with van der Waals surface area (Å²) < 4.78 is 5.22. The maximum Gasteiger partial charge on any atom is 0.119 e. The Morgan fingerprint density at radius 2 is 1.86 bits per heavy atom. The number of hydrogen-bond donors (Lipinski definition) is 1. The largest absolute Gasteiger partial charge is 0.497 e. The van der Waals surface area contributed by atoms with Crippen LogP contribution >= 0.6 is 0 Å². The van der Waals surface area contributed by atoms with E-state index in [2.05, 4.69) is 37.7 Å². The first-order chi connectivity index (χ1) is 9.92. The number of likely N-dealkylation sites (N-methyl/N-ethyl adjacent to an activating group) is 1.